The molecule has 2 amide bonds. The van der Waals surface area contributed by atoms with Crippen LogP contribution in [0.1, 0.15) is 50.3 Å². The van der Waals surface area contributed by atoms with Crippen molar-refractivity contribution in [3.63, 3.8) is 0 Å². The summed E-state index contributed by atoms with van der Waals surface area (Å²) in [5.41, 5.74) is 1.62. The van der Waals surface area contributed by atoms with Crippen LogP contribution in [0.3, 0.4) is 0 Å². The number of nitrogens with one attached hydrogen (secondary N) is 3. The van der Waals surface area contributed by atoms with Crippen LogP contribution in [0, 0.1) is 0 Å². The van der Waals surface area contributed by atoms with Gasteiger partial charge in [-0.2, -0.15) is 0 Å². The number of aromatic nitrogens is 2. The number of unbranched alkanes of at least 4 members (excludes halogenated alkanes) is 3. The molecule has 0 aliphatic heterocycles. The van der Waals surface area contributed by atoms with Gasteiger partial charge in [0.25, 0.3) is 5.56 Å². The quantitative estimate of drug-likeness (QED) is 0.132. The van der Waals surface area contributed by atoms with Crippen LogP contribution in [0.5, 0.6) is 0 Å². The van der Waals surface area contributed by atoms with Crippen molar-refractivity contribution >= 4 is 44.3 Å². The highest BCUT2D eigenvalue weighted by Crippen LogP contribution is 2.36. The average Bonchev–Trinajstić information content (AvgIpc) is 2.91. The first-order valence-corrected chi connectivity index (χ1v) is 13.5. The second-order valence-corrected chi connectivity index (χ2v) is 9.76. The van der Waals surface area contributed by atoms with Crippen molar-refractivity contribution < 1.29 is 9.53 Å². The number of urea groups is 1. The van der Waals surface area contributed by atoms with Crippen molar-refractivity contribution in [1.82, 2.24) is 15.3 Å². The highest BCUT2D eigenvalue weighted by molar-refractivity contribution is 6.23. The standard InChI is InChI=1S/C31H34N4O3/c1-2-3-17-32-31(37)35-30-33-25(19-27(36)34-30)10-5-4-6-18-38-20-24-14-13-23-12-11-21-8-7-9-22-15-16-26(24)29(23)28(21)22/h7-9,11-16,19H,2-6,10,17-18,20H2,1H3,(H3,32,33,34,35,36,37). The number of benzene rings is 4. The lowest BCUT2D eigenvalue weighted by molar-refractivity contribution is 0.117. The smallest absolute Gasteiger partial charge is 0.321 e. The maximum absolute atomic E-state index is 12.0. The summed E-state index contributed by atoms with van der Waals surface area (Å²) in [6, 6.07) is 20.8. The highest BCUT2D eigenvalue weighted by atomic mass is 16.5. The summed E-state index contributed by atoms with van der Waals surface area (Å²) in [6.45, 7) is 3.90. The summed E-state index contributed by atoms with van der Waals surface area (Å²) in [5, 5.41) is 13.1. The first-order valence-electron chi connectivity index (χ1n) is 13.5. The topological polar surface area (TPSA) is 96.1 Å². The third kappa shape index (κ3) is 5.94. The van der Waals surface area contributed by atoms with E-state index >= 15 is 0 Å². The van der Waals surface area contributed by atoms with Crippen LogP contribution in [-0.4, -0.2) is 29.2 Å². The number of H-pyrrole nitrogens is 1. The van der Waals surface area contributed by atoms with Gasteiger partial charge in [0.05, 0.1) is 6.61 Å². The Hall–Kier alpha value is -3.97. The molecule has 0 spiro atoms. The average molecular weight is 511 g/mol. The third-order valence-corrected chi connectivity index (χ3v) is 6.94. The van der Waals surface area contributed by atoms with Gasteiger partial charge in [-0.1, -0.05) is 74.4 Å². The number of rotatable bonds is 12. The SMILES string of the molecule is CCCCNC(=O)Nc1nc(CCCCCOCc2ccc3ccc4cccc5ccc2c3c45)cc(=O)[nH]1. The molecule has 5 rings (SSSR count). The molecule has 0 atom stereocenters. The number of anilines is 1. The van der Waals surface area contributed by atoms with E-state index in [1.165, 1.54) is 43.9 Å². The Morgan fingerprint density at radius 2 is 1.68 bits per heavy atom. The maximum atomic E-state index is 12.0. The molecule has 0 bridgehead atoms. The molecule has 0 fully saturated rings. The molecule has 7 nitrogen and oxygen atoms in total. The van der Waals surface area contributed by atoms with Gasteiger partial charge < -0.3 is 10.1 Å². The van der Waals surface area contributed by atoms with Gasteiger partial charge in [-0.05, 0) is 63.6 Å². The number of aryl methyl sites for hydroxylation is 1. The number of carbonyl (C=O) groups excluding carboxylic acids is 1. The summed E-state index contributed by atoms with van der Waals surface area (Å²) in [6.07, 6.45) is 5.36. The van der Waals surface area contributed by atoms with Gasteiger partial charge in [0.1, 0.15) is 0 Å². The zero-order valence-electron chi connectivity index (χ0n) is 21.8. The normalized spacial score (nSPS) is 11.5. The fourth-order valence-corrected chi connectivity index (χ4v) is 5.02. The molecule has 0 aliphatic rings. The van der Waals surface area contributed by atoms with Crippen LogP contribution in [0.25, 0.3) is 32.3 Å². The molecular weight excluding hydrogens is 476 g/mol. The minimum Gasteiger partial charge on any atom is -0.377 e. The Balaban J connectivity index is 1.10. The van der Waals surface area contributed by atoms with E-state index in [2.05, 4.69) is 82.1 Å². The van der Waals surface area contributed by atoms with Gasteiger partial charge in [-0.3, -0.25) is 15.1 Å². The van der Waals surface area contributed by atoms with Crippen molar-refractivity contribution in [3.05, 3.63) is 82.3 Å². The molecule has 0 saturated carbocycles. The second-order valence-electron chi connectivity index (χ2n) is 9.76. The van der Waals surface area contributed by atoms with E-state index in [0.717, 1.165) is 32.1 Å². The van der Waals surface area contributed by atoms with E-state index in [0.29, 0.717) is 31.9 Å². The van der Waals surface area contributed by atoms with Gasteiger partial charge in [0, 0.05) is 24.9 Å². The van der Waals surface area contributed by atoms with Crippen LogP contribution >= 0.6 is 0 Å². The van der Waals surface area contributed by atoms with E-state index in [4.69, 9.17) is 4.74 Å². The van der Waals surface area contributed by atoms with Crippen molar-refractivity contribution in [3.8, 4) is 0 Å². The zero-order chi connectivity index (χ0) is 26.3. The maximum Gasteiger partial charge on any atom is 0.321 e. The fraction of sp³-hybridized carbons (Fsp3) is 0.323. The van der Waals surface area contributed by atoms with E-state index in [1.54, 1.807) is 0 Å². The largest absolute Gasteiger partial charge is 0.377 e. The number of carbonyl (C=O) groups is 1. The predicted molar refractivity (Wildman–Crippen MR) is 154 cm³/mol. The molecule has 1 heterocycles. The summed E-state index contributed by atoms with van der Waals surface area (Å²) >= 11 is 0. The fourth-order valence-electron chi connectivity index (χ4n) is 5.02. The van der Waals surface area contributed by atoms with Crippen molar-refractivity contribution in [2.75, 3.05) is 18.5 Å². The number of hydrogen-bond donors (Lipinski definition) is 3. The van der Waals surface area contributed by atoms with Crippen molar-refractivity contribution in [2.24, 2.45) is 0 Å². The molecule has 0 unspecified atom stereocenters. The van der Waals surface area contributed by atoms with Crippen molar-refractivity contribution in [2.45, 2.75) is 52.1 Å². The molecule has 3 N–H and O–H groups in total. The summed E-state index contributed by atoms with van der Waals surface area (Å²) < 4.78 is 6.06. The lowest BCUT2D eigenvalue weighted by atomic mass is 9.92. The summed E-state index contributed by atoms with van der Waals surface area (Å²) in [4.78, 5) is 30.9. The molecule has 5 aromatic rings. The first-order chi connectivity index (χ1) is 18.6. The summed E-state index contributed by atoms with van der Waals surface area (Å²) in [7, 11) is 0. The number of ether oxygens (including phenoxy) is 1. The van der Waals surface area contributed by atoms with E-state index in [1.807, 2.05) is 0 Å². The third-order valence-electron chi connectivity index (χ3n) is 6.94. The molecule has 0 radical (unpaired) electrons. The minimum absolute atomic E-state index is 0.179. The Kier molecular flexibility index (Phi) is 8.14. The first kappa shape index (κ1) is 25.7. The van der Waals surface area contributed by atoms with Crippen LogP contribution in [-0.2, 0) is 17.8 Å². The molecule has 0 aliphatic carbocycles. The lowest BCUT2D eigenvalue weighted by Crippen LogP contribution is -2.31. The minimum atomic E-state index is -0.361. The van der Waals surface area contributed by atoms with Gasteiger partial charge in [-0.25, -0.2) is 9.78 Å². The molecule has 7 heteroatoms. The van der Waals surface area contributed by atoms with Gasteiger partial charge in [-0.15, -0.1) is 0 Å². The Morgan fingerprint density at radius 1 is 0.921 bits per heavy atom. The number of nitrogens with zero attached hydrogens (tertiary/aromatic N) is 1. The van der Waals surface area contributed by atoms with Crippen LogP contribution in [0.4, 0.5) is 10.7 Å². The van der Waals surface area contributed by atoms with Crippen molar-refractivity contribution in [1.29, 1.82) is 0 Å². The second kappa shape index (κ2) is 12.0. The molecule has 1 aromatic heterocycles. The number of amides is 2. The molecule has 38 heavy (non-hydrogen) atoms. The van der Waals surface area contributed by atoms with E-state index < -0.39 is 0 Å². The van der Waals surface area contributed by atoms with Gasteiger partial charge in [0.2, 0.25) is 5.95 Å². The number of hydrogen-bond acceptors (Lipinski definition) is 4. The van der Waals surface area contributed by atoms with E-state index in [9.17, 15) is 9.59 Å². The zero-order valence-corrected chi connectivity index (χ0v) is 21.8. The molecular formula is C31H34N4O3. The summed E-state index contributed by atoms with van der Waals surface area (Å²) in [5.74, 6) is 0.179. The van der Waals surface area contributed by atoms with Crippen LogP contribution in [0.2, 0.25) is 0 Å². The van der Waals surface area contributed by atoms with E-state index in [-0.39, 0.29) is 17.5 Å². The van der Waals surface area contributed by atoms with Gasteiger partial charge >= 0.3 is 6.03 Å². The van der Waals surface area contributed by atoms with Crippen LogP contribution in [0.15, 0.2) is 65.5 Å². The monoisotopic (exact) mass is 510 g/mol. The predicted octanol–water partition coefficient (Wildman–Crippen LogP) is 6.52. The van der Waals surface area contributed by atoms with Gasteiger partial charge in [0.15, 0.2) is 0 Å². The Labute approximate surface area is 222 Å². The highest BCUT2D eigenvalue weighted by Gasteiger charge is 2.11. The molecule has 0 saturated heterocycles. The number of aromatic amines is 1. The van der Waals surface area contributed by atoms with Crippen LogP contribution < -0.4 is 16.2 Å². The lowest BCUT2D eigenvalue weighted by Gasteiger charge is -2.14. The molecule has 196 valence electrons. The Bertz CT molecular complexity index is 1580. The Morgan fingerprint density at radius 3 is 2.50 bits per heavy atom. The molecule has 4 aromatic carbocycles.